The molecule has 18 heavy (non-hydrogen) atoms. The van der Waals surface area contributed by atoms with E-state index in [-0.39, 0.29) is 12.0 Å². The van der Waals surface area contributed by atoms with Gasteiger partial charge in [0.2, 0.25) is 0 Å². The molecule has 1 saturated carbocycles. The lowest BCUT2D eigenvalue weighted by Gasteiger charge is -2.40. The number of carbonyl (C=O) groups is 1. The molecule has 1 aromatic rings. The van der Waals surface area contributed by atoms with E-state index in [4.69, 9.17) is 4.74 Å². The number of morpholine rings is 1. The highest BCUT2D eigenvalue weighted by Gasteiger charge is 2.33. The van der Waals surface area contributed by atoms with Crippen LogP contribution in [0.15, 0.2) is 6.20 Å². The van der Waals surface area contributed by atoms with Gasteiger partial charge in [0.1, 0.15) is 11.5 Å². The number of rotatable bonds is 2. The lowest BCUT2D eigenvalue weighted by molar-refractivity contribution is -0.0660. The average Bonchev–Trinajstić information content (AvgIpc) is 2.73. The van der Waals surface area contributed by atoms with Crippen LogP contribution in [0, 0.1) is 12.8 Å². The van der Waals surface area contributed by atoms with Gasteiger partial charge in [0.05, 0.1) is 18.9 Å². The van der Waals surface area contributed by atoms with Crippen molar-refractivity contribution in [3.8, 4) is 0 Å². The predicted octanol–water partition coefficient (Wildman–Crippen LogP) is 1.36. The van der Waals surface area contributed by atoms with Gasteiger partial charge in [-0.3, -0.25) is 4.79 Å². The number of aromatic nitrogens is 2. The molecule has 98 valence electrons. The monoisotopic (exact) mass is 249 g/mol. The van der Waals surface area contributed by atoms with Crippen LogP contribution in [0.4, 0.5) is 0 Å². The smallest absolute Gasteiger partial charge is 0.272 e. The number of aromatic amines is 1. The summed E-state index contributed by atoms with van der Waals surface area (Å²) in [5.41, 5.74) is 0.585. The molecule has 1 aliphatic carbocycles. The van der Waals surface area contributed by atoms with E-state index in [0.29, 0.717) is 24.8 Å². The molecule has 0 radical (unpaired) electrons. The average molecular weight is 249 g/mol. The van der Waals surface area contributed by atoms with Crippen LogP contribution in [0.1, 0.15) is 35.6 Å². The van der Waals surface area contributed by atoms with Gasteiger partial charge in [0.25, 0.3) is 5.91 Å². The molecule has 0 spiro atoms. The van der Waals surface area contributed by atoms with E-state index in [0.717, 1.165) is 12.4 Å². The van der Waals surface area contributed by atoms with E-state index in [9.17, 15) is 4.79 Å². The summed E-state index contributed by atoms with van der Waals surface area (Å²) in [6.07, 6.45) is 5.65. The predicted molar refractivity (Wildman–Crippen MR) is 66.3 cm³/mol. The molecule has 5 heteroatoms. The maximum Gasteiger partial charge on any atom is 0.272 e. The fourth-order valence-corrected chi connectivity index (χ4v) is 2.66. The van der Waals surface area contributed by atoms with Gasteiger partial charge in [-0.2, -0.15) is 0 Å². The molecular weight excluding hydrogens is 230 g/mol. The Kier molecular flexibility index (Phi) is 3.07. The van der Waals surface area contributed by atoms with Crippen LogP contribution in [0.25, 0.3) is 0 Å². The van der Waals surface area contributed by atoms with Crippen LogP contribution in [0.3, 0.4) is 0 Å². The van der Waals surface area contributed by atoms with Crippen molar-refractivity contribution < 1.29 is 9.53 Å². The minimum atomic E-state index is 0.0447. The molecule has 0 aromatic carbocycles. The maximum absolute atomic E-state index is 12.3. The molecule has 1 aromatic heterocycles. The van der Waals surface area contributed by atoms with Gasteiger partial charge in [-0.05, 0) is 25.7 Å². The van der Waals surface area contributed by atoms with Crippen LogP contribution < -0.4 is 0 Å². The standard InChI is InChI=1S/C13H19N3O2/c1-9-14-7-11(15-9)13(17)16-5-6-18-12(8-16)10-3-2-4-10/h7,10,12H,2-6,8H2,1H3,(H,14,15). The molecular formula is C13H19N3O2. The molecule has 1 unspecified atom stereocenters. The fraction of sp³-hybridized carbons (Fsp3) is 0.692. The molecule has 2 aliphatic rings. The Morgan fingerprint density at radius 3 is 3.00 bits per heavy atom. The SMILES string of the molecule is Cc1ncc(C(=O)N2CCOC(C3CCC3)C2)[nH]1. The van der Waals surface area contributed by atoms with Crippen LogP contribution in [-0.2, 0) is 4.74 Å². The number of carbonyl (C=O) groups excluding carboxylic acids is 1. The minimum absolute atomic E-state index is 0.0447. The van der Waals surface area contributed by atoms with Crippen molar-refractivity contribution in [2.24, 2.45) is 5.92 Å². The summed E-state index contributed by atoms with van der Waals surface area (Å²) in [4.78, 5) is 21.3. The van der Waals surface area contributed by atoms with E-state index in [1.165, 1.54) is 19.3 Å². The molecule has 1 amide bonds. The van der Waals surface area contributed by atoms with Crippen molar-refractivity contribution >= 4 is 5.91 Å². The van der Waals surface area contributed by atoms with Gasteiger partial charge in [-0.1, -0.05) is 6.42 Å². The minimum Gasteiger partial charge on any atom is -0.374 e. The Morgan fingerprint density at radius 2 is 2.39 bits per heavy atom. The first-order chi connectivity index (χ1) is 8.74. The second kappa shape index (κ2) is 4.72. The zero-order valence-electron chi connectivity index (χ0n) is 10.7. The van der Waals surface area contributed by atoms with Crippen molar-refractivity contribution in [2.45, 2.75) is 32.3 Å². The van der Waals surface area contributed by atoms with Crippen molar-refractivity contribution in [2.75, 3.05) is 19.7 Å². The molecule has 1 atom stereocenters. The van der Waals surface area contributed by atoms with Gasteiger partial charge in [0, 0.05) is 13.1 Å². The lowest BCUT2D eigenvalue weighted by atomic mass is 9.80. The van der Waals surface area contributed by atoms with E-state index < -0.39 is 0 Å². The van der Waals surface area contributed by atoms with Gasteiger partial charge in [-0.25, -0.2) is 4.98 Å². The van der Waals surface area contributed by atoms with E-state index in [2.05, 4.69) is 9.97 Å². The first-order valence-electron chi connectivity index (χ1n) is 6.66. The largest absolute Gasteiger partial charge is 0.374 e. The van der Waals surface area contributed by atoms with E-state index in [1.807, 2.05) is 11.8 Å². The Labute approximate surface area is 107 Å². The summed E-state index contributed by atoms with van der Waals surface area (Å²) in [5.74, 6) is 1.48. The maximum atomic E-state index is 12.3. The summed E-state index contributed by atoms with van der Waals surface area (Å²) in [5, 5.41) is 0. The summed E-state index contributed by atoms with van der Waals surface area (Å²) < 4.78 is 5.78. The molecule has 1 saturated heterocycles. The number of hydrogen-bond donors (Lipinski definition) is 1. The number of aryl methyl sites for hydroxylation is 1. The number of nitrogens with one attached hydrogen (secondary N) is 1. The van der Waals surface area contributed by atoms with Crippen molar-refractivity contribution in [3.05, 3.63) is 17.7 Å². The van der Waals surface area contributed by atoms with Crippen molar-refractivity contribution in [3.63, 3.8) is 0 Å². The third-order valence-corrected chi connectivity index (χ3v) is 3.99. The summed E-state index contributed by atoms with van der Waals surface area (Å²) in [6.45, 7) is 3.91. The highest BCUT2D eigenvalue weighted by molar-refractivity contribution is 5.92. The fourth-order valence-electron chi connectivity index (χ4n) is 2.66. The molecule has 1 N–H and O–H groups in total. The summed E-state index contributed by atoms with van der Waals surface area (Å²) in [7, 11) is 0. The quantitative estimate of drug-likeness (QED) is 0.861. The topological polar surface area (TPSA) is 58.2 Å². The first-order valence-corrected chi connectivity index (χ1v) is 6.66. The van der Waals surface area contributed by atoms with Gasteiger partial charge >= 0.3 is 0 Å². The zero-order valence-corrected chi connectivity index (χ0v) is 10.7. The number of hydrogen-bond acceptors (Lipinski definition) is 3. The molecule has 2 heterocycles. The van der Waals surface area contributed by atoms with Crippen molar-refractivity contribution in [1.82, 2.24) is 14.9 Å². The number of imidazole rings is 1. The highest BCUT2D eigenvalue weighted by atomic mass is 16.5. The number of amides is 1. The Hall–Kier alpha value is -1.36. The molecule has 5 nitrogen and oxygen atoms in total. The molecule has 1 aliphatic heterocycles. The number of ether oxygens (including phenoxy) is 1. The van der Waals surface area contributed by atoms with E-state index >= 15 is 0 Å². The normalized spacial score (nSPS) is 24.9. The van der Waals surface area contributed by atoms with E-state index in [1.54, 1.807) is 6.20 Å². The third kappa shape index (κ3) is 2.14. The van der Waals surface area contributed by atoms with Gasteiger partial charge in [-0.15, -0.1) is 0 Å². The molecule has 3 rings (SSSR count). The third-order valence-electron chi connectivity index (χ3n) is 3.99. The van der Waals surface area contributed by atoms with Crippen LogP contribution >= 0.6 is 0 Å². The van der Waals surface area contributed by atoms with Gasteiger partial charge in [0.15, 0.2) is 0 Å². The second-order valence-corrected chi connectivity index (χ2v) is 5.23. The second-order valence-electron chi connectivity index (χ2n) is 5.23. The summed E-state index contributed by atoms with van der Waals surface area (Å²) in [6, 6.07) is 0. The Bertz CT molecular complexity index is 439. The highest BCUT2D eigenvalue weighted by Crippen LogP contribution is 2.32. The summed E-state index contributed by atoms with van der Waals surface area (Å²) >= 11 is 0. The first kappa shape index (κ1) is 11.7. The zero-order chi connectivity index (χ0) is 12.5. The Morgan fingerprint density at radius 1 is 1.56 bits per heavy atom. The van der Waals surface area contributed by atoms with Crippen molar-refractivity contribution in [1.29, 1.82) is 0 Å². The number of H-pyrrole nitrogens is 1. The number of nitrogens with zero attached hydrogens (tertiary/aromatic N) is 2. The lowest BCUT2D eigenvalue weighted by Crippen LogP contribution is -2.49. The van der Waals surface area contributed by atoms with Crippen LogP contribution in [0.5, 0.6) is 0 Å². The molecule has 0 bridgehead atoms. The molecule has 2 fully saturated rings. The van der Waals surface area contributed by atoms with Gasteiger partial charge < -0.3 is 14.6 Å². The van der Waals surface area contributed by atoms with Crippen LogP contribution in [0.2, 0.25) is 0 Å². The van der Waals surface area contributed by atoms with Crippen LogP contribution in [-0.4, -0.2) is 46.6 Å². The Balaban J connectivity index is 1.66.